The lowest BCUT2D eigenvalue weighted by molar-refractivity contribution is -0.0166. The van der Waals surface area contributed by atoms with Gasteiger partial charge < -0.3 is 14.2 Å². The SMILES string of the molecule is COc1cc(C=O)cc(Br)c1OCCOC(C)(C)C. The Balaban J connectivity index is 2.70. The summed E-state index contributed by atoms with van der Waals surface area (Å²) in [6, 6.07) is 3.33. The highest BCUT2D eigenvalue weighted by molar-refractivity contribution is 9.10. The molecule has 0 saturated heterocycles. The molecule has 1 aromatic rings. The highest BCUT2D eigenvalue weighted by atomic mass is 79.9. The minimum atomic E-state index is -0.188. The van der Waals surface area contributed by atoms with Crippen molar-refractivity contribution in [1.82, 2.24) is 0 Å². The van der Waals surface area contributed by atoms with Crippen LogP contribution in [0.4, 0.5) is 0 Å². The molecular formula is C14H19BrO4. The van der Waals surface area contributed by atoms with Crippen LogP contribution in [0.25, 0.3) is 0 Å². The van der Waals surface area contributed by atoms with Gasteiger partial charge in [-0.2, -0.15) is 0 Å². The van der Waals surface area contributed by atoms with Crippen molar-refractivity contribution in [2.75, 3.05) is 20.3 Å². The molecule has 0 saturated carbocycles. The number of hydrogen-bond donors (Lipinski definition) is 0. The molecule has 0 unspecified atom stereocenters. The molecule has 0 amide bonds. The van der Waals surface area contributed by atoms with E-state index in [0.29, 0.717) is 34.7 Å². The molecule has 0 atom stereocenters. The number of methoxy groups -OCH3 is 1. The molecule has 0 aliphatic heterocycles. The molecule has 0 aromatic heterocycles. The quantitative estimate of drug-likeness (QED) is 0.591. The van der Waals surface area contributed by atoms with Crippen molar-refractivity contribution in [2.24, 2.45) is 0 Å². The lowest BCUT2D eigenvalue weighted by atomic mass is 10.2. The first-order chi connectivity index (χ1) is 8.87. The van der Waals surface area contributed by atoms with Gasteiger partial charge in [0.05, 0.1) is 23.8 Å². The second-order valence-electron chi connectivity index (χ2n) is 4.96. The molecule has 0 fully saturated rings. The fraction of sp³-hybridized carbons (Fsp3) is 0.500. The highest BCUT2D eigenvalue weighted by Gasteiger charge is 2.13. The molecule has 0 radical (unpaired) electrons. The largest absolute Gasteiger partial charge is 0.493 e. The number of carbonyl (C=O) groups excluding carboxylic acids is 1. The number of rotatable bonds is 6. The molecule has 0 aliphatic rings. The minimum Gasteiger partial charge on any atom is -0.493 e. The summed E-state index contributed by atoms with van der Waals surface area (Å²) in [6.45, 7) is 6.86. The highest BCUT2D eigenvalue weighted by Crippen LogP contribution is 2.36. The summed E-state index contributed by atoms with van der Waals surface area (Å²) < 4.78 is 17.1. The zero-order chi connectivity index (χ0) is 14.5. The lowest BCUT2D eigenvalue weighted by Crippen LogP contribution is -2.22. The zero-order valence-corrected chi connectivity index (χ0v) is 13.2. The molecule has 5 heteroatoms. The minimum absolute atomic E-state index is 0.188. The van der Waals surface area contributed by atoms with Crippen LogP contribution in [-0.2, 0) is 4.74 Å². The van der Waals surface area contributed by atoms with Gasteiger partial charge in [0.15, 0.2) is 11.5 Å². The summed E-state index contributed by atoms with van der Waals surface area (Å²) in [5.74, 6) is 1.10. The molecule has 19 heavy (non-hydrogen) atoms. The van der Waals surface area contributed by atoms with Crippen LogP contribution in [-0.4, -0.2) is 32.2 Å². The predicted octanol–water partition coefficient (Wildman–Crippen LogP) is 3.46. The molecule has 1 aromatic carbocycles. The Morgan fingerprint density at radius 1 is 1.26 bits per heavy atom. The van der Waals surface area contributed by atoms with Gasteiger partial charge in [0.1, 0.15) is 12.9 Å². The average molecular weight is 331 g/mol. The van der Waals surface area contributed by atoms with Crippen molar-refractivity contribution in [1.29, 1.82) is 0 Å². The molecule has 106 valence electrons. The van der Waals surface area contributed by atoms with Crippen LogP contribution in [0.3, 0.4) is 0 Å². The summed E-state index contributed by atoms with van der Waals surface area (Å²) in [5.41, 5.74) is 0.341. The van der Waals surface area contributed by atoms with Crippen LogP contribution in [0, 0.1) is 0 Å². The van der Waals surface area contributed by atoms with Crippen LogP contribution in [0.2, 0.25) is 0 Å². The van der Waals surface area contributed by atoms with E-state index in [1.807, 2.05) is 20.8 Å². The second-order valence-corrected chi connectivity index (χ2v) is 5.82. The Bertz CT molecular complexity index is 438. The normalized spacial score (nSPS) is 11.2. The lowest BCUT2D eigenvalue weighted by Gasteiger charge is -2.20. The van der Waals surface area contributed by atoms with Crippen LogP contribution in [0.15, 0.2) is 16.6 Å². The first-order valence-electron chi connectivity index (χ1n) is 5.97. The Kier molecular flexibility index (Phi) is 5.82. The van der Waals surface area contributed by atoms with Crippen LogP contribution in [0.1, 0.15) is 31.1 Å². The van der Waals surface area contributed by atoms with Gasteiger partial charge in [0.2, 0.25) is 0 Å². The molecule has 0 bridgehead atoms. The number of benzene rings is 1. The summed E-state index contributed by atoms with van der Waals surface area (Å²) >= 11 is 3.37. The molecule has 4 nitrogen and oxygen atoms in total. The van der Waals surface area contributed by atoms with Gasteiger partial charge in [-0.05, 0) is 48.8 Å². The number of aldehydes is 1. The summed E-state index contributed by atoms with van der Waals surface area (Å²) in [6.07, 6.45) is 0.764. The number of ether oxygens (including phenoxy) is 3. The van der Waals surface area contributed by atoms with Crippen molar-refractivity contribution in [2.45, 2.75) is 26.4 Å². The van der Waals surface area contributed by atoms with Gasteiger partial charge in [-0.25, -0.2) is 0 Å². The Morgan fingerprint density at radius 3 is 2.47 bits per heavy atom. The van der Waals surface area contributed by atoms with Crippen molar-refractivity contribution >= 4 is 22.2 Å². The number of halogens is 1. The Morgan fingerprint density at radius 2 is 1.95 bits per heavy atom. The van der Waals surface area contributed by atoms with E-state index in [-0.39, 0.29) is 5.60 Å². The molecule has 0 N–H and O–H groups in total. The molecule has 1 rings (SSSR count). The Labute approximate surface area is 122 Å². The smallest absolute Gasteiger partial charge is 0.175 e. The first kappa shape index (κ1) is 16.0. The first-order valence-corrected chi connectivity index (χ1v) is 6.76. The van der Waals surface area contributed by atoms with E-state index in [1.54, 1.807) is 12.1 Å². The fourth-order valence-electron chi connectivity index (χ4n) is 1.44. The molecule has 0 aliphatic carbocycles. The van der Waals surface area contributed by atoms with E-state index >= 15 is 0 Å². The Hall–Kier alpha value is -1.07. The van der Waals surface area contributed by atoms with Crippen molar-refractivity contribution < 1.29 is 19.0 Å². The van der Waals surface area contributed by atoms with Gasteiger partial charge in [-0.1, -0.05) is 0 Å². The van der Waals surface area contributed by atoms with Gasteiger partial charge in [-0.15, -0.1) is 0 Å². The maximum Gasteiger partial charge on any atom is 0.175 e. The zero-order valence-electron chi connectivity index (χ0n) is 11.7. The third kappa shape index (κ3) is 5.20. The monoisotopic (exact) mass is 330 g/mol. The van der Waals surface area contributed by atoms with Gasteiger partial charge >= 0.3 is 0 Å². The van der Waals surface area contributed by atoms with E-state index < -0.39 is 0 Å². The van der Waals surface area contributed by atoms with Crippen LogP contribution >= 0.6 is 15.9 Å². The number of hydrogen-bond acceptors (Lipinski definition) is 4. The van der Waals surface area contributed by atoms with E-state index in [2.05, 4.69) is 15.9 Å². The third-order valence-electron chi connectivity index (χ3n) is 2.25. The topological polar surface area (TPSA) is 44.8 Å². The van der Waals surface area contributed by atoms with Crippen molar-refractivity contribution in [3.8, 4) is 11.5 Å². The average Bonchev–Trinajstić information content (AvgIpc) is 2.34. The van der Waals surface area contributed by atoms with E-state index in [4.69, 9.17) is 14.2 Å². The van der Waals surface area contributed by atoms with E-state index in [0.717, 1.165) is 6.29 Å². The second kappa shape index (κ2) is 6.91. The summed E-state index contributed by atoms with van der Waals surface area (Å²) in [5, 5.41) is 0. The summed E-state index contributed by atoms with van der Waals surface area (Å²) in [7, 11) is 1.54. The van der Waals surface area contributed by atoms with Gasteiger partial charge in [-0.3, -0.25) is 4.79 Å². The fourth-order valence-corrected chi connectivity index (χ4v) is 2.01. The summed E-state index contributed by atoms with van der Waals surface area (Å²) in [4.78, 5) is 10.8. The van der Waals surface area contributed by atoms with E-state index in [9.17, 15) is 4.79 Å². The molecule has 0 spiro atoms. The predicted molar refractivity (Wildman–Crippen MR) is 77.3 cm³/mol. The van der Waals surface area contributed by atoms with Crippen molar-refractivity contribution in [3.63, 3.8) is 0 Å². The van der Waals surface area contributed by atoms with Crippen LogP contribution < -0.4 is 9.47 Å². The number of carbonyl (C=O) groups is 1. The van der Waals surface area contributed by atoms with E-state index in [1.165, 1.54) is 7.11 Å². The maximum absolute atomic E-state index is 10.8. The molecule has 0 heterocycles. The maximum atomic E-state index is 10.8. The standard InChI is InChI=1S/C14H19BrO4/c1-14(2,3)19-6-5-18-13-11(15)7-10(9-16)8-12(13)17-4/h7-9H,5-6H2,1-4H3. The van der Waals surface area contributed by atoms with Crippen LogP contribution in [0.5, 0.6) is 11.5 Å². The third-order valence-corrected chi connectivity index (χ3v) is 2.84. The van der Waals surface area contributed by atoms with Gasteiger partial charge in [0, 0.05) is 5.56 Å². The molecular weight excluding hydrogens is 312 g/mol. The van der Waals surface area contributed by atoms with Crippen molar-refractivity contribution in [3.05, 3.63) is 22.2 Å². The van der Waals surface area contributed by atoms with Gasteiger partial charge in [0.25, 0.3) is 0 Å².